The van der Waals surface area contributed by atoms with E-state index in [2.05, 4.69) is 10.6 Å². The monoisotopic (exact) mass is 393 g/mol. The second-order valence-electron chi connectivity index (χ2n) is 5.27. The Labute approximate surface area is 159 Å². The minimum Gasteiger partial charge on any atom is -0.452 e. The Balaban J connectivity index is 2.06. The number of nitrogens with zero attached hydrogens (tertiary/aromatic N) is 1. The second kappa shape index (κ2) is 9.51. The number of aliphatic hydroxyl groups excluding tert-OH is 1. The molecule has 9 nitrogen and oxygen atoms in total. The Morgan fingerprint density at radius 1 is 1.22 bits per heavy atom. The molecule has 0 bridgehead atoms. The standard InChI is InChI=1S/C17H16ClN3O6/c18-11-2-1-3-12(8-11)20-16(23)10-27-17(24)14-9-13(21(25)26)4-5-15(14)19-6-7-22/h1-5,8-9,19,22H,6-7,10H2,(H,20,23). The van der Waals surface area contributed by atoms with Crippen molar-refractivity contribution in [2.45, 2.75) is 0 Å². The zero-order chi connectivity index (χ0) is 19.8. The molecule has 3 N–H and O–H groups in total. The zero-order valence-electron chi connectivity index (χ0n) is 14.0. The molecule has 1 amide bonds. The van der Waals surface area contributed by atoms with Crippen molar-refractivity contribution >= 4 is 40.5 Å². The van der Waals surface area contributed by atoms with E-state index in [1.165, 1.54) is 18.2 Å². The van der Waals surface area contributed by atoms with Crippen molar-refractivity contribution < 1.29 is 24.4 Å². The molecule has 2 aromatic rings. The van der Waals surface area contributed by atoms with Crippen molar-refractivity contribution in [2.24, 2.45) is 0 Å². The first-order chi connectivity index (χ1) is 12.9. The van der Waals surface area contributed by atoms with E-state index < -0.39 is 23.4 Å². The van der Waals surface area contributed by atoms with Gasteiger partial charge >= 0.3 is 5.97 Å². The quantitative estimate of drug-likeness (QED) is 0.356. The van der Waals surface area contributed by atoms with Crippen molar-refractivity contribution in [1.82, 2.24) is 0 Å². The fraction of sp³-hybridized carbons (Fsp3) is 0.176. The van der Waals surface area contributed by atoms with E-state index in [9.17, 15) is 19.7 Å². The summed E-state index contributed by atoms with van der Waals surface area (Å²) >= 11 is 5.82. The Morgan fingerprint density at radius 3 is 2.67 bits per heavy atom. The van der Waals surface area contributed by atoms with Crippen LogP contribution in [0.1, 0.15) is 10.4 Å². The van der Waals surface area contributed by atoms with Crippen LogP contribution in [0.2, 0.25) is 5.02 Å². The van der Waals surface area contributed by atoms with E-state index in [1.54, 1.807) is 18.2 Å². The number of amides is 1. The normalized spacial score (nSPS) is 10.1. The van der Waals surface area contributed by atoms with Gasteiger partial charge < -0.3 is 20.5 Å². The Bertz CT molecular complexity index is 858. The van der Waals surface area contributed by atoms with Crippen molar-refractivity contribution in [3.8, 4) is 0 Å². The summed E-state index contributed by atoms with van der Waals surface area (Å²) in [6.07, 6.45) is 0. The van der Waals surface area contributed by atoms with Gasteiger partial charge in [-0.25, -0.2) is 4.79 Å². The first-order valence-corrected chi connectivity index (χ1v) is 8.14. The highest BCUT2D eigenvalue weighted by Gasteiger charge is 2.19. The maximum atomic E-state index is 12.3. The van der Waals surface area contributed by atoms with Crippen molar-refractivity contribution in [2.75, 3.05) is 30.4 Å². The summed E-state index contributed by atoms with van der Waals surface area (Å²) in [6.45, 7) is -0.658. The number of nitro groups is 1. The molecule has 0 aliphatic heterocycles. The van der Waals surface area contributed by atoms with Gasteiger partial charge in [-0.15, -0.1) is 0 Å². The Hall–Kier alpha value is -3.17. The third kappa shape index (κ3) is 5.94. The van der Waals surface area contributed by atoms with Gasteiger partial charge in [0, 0.05) is 35.1 Å². The molecule has 0 heterocycles. The number of halogens is 1. The zero-order valence-corrected chi connectivity index (χ0v) is 14.7. The lowest BCUT2D eigenvalue weighted by Gasteiger charge is -2.11. The van der Waals surface area contributed by atoms with E-state index in [1.807, 2.05) is 0 Å². The van der Waals surface area contributed by atoms with Crippen LogP contribution in [0.15, 0.2) is 42.5 Å². The lowest BCUT2D eigenvalue weighted by atomic mass is 10.1. The topological polar surface area (TPSA) is 131 Å². The van der Waals surface area contributed by atoms with Gasteiger partial charge in [0.2, 0.25) is 0 Å². The van der Waals surface area contributed by atoms with E-state index in [0.29, 0.717) is 10.7 Å². The van der Waals surface area contributed by atoms with Crippen LogP contribution in [0.5, 0.6) is 0 Å². The molecule has 0 unspecified atom stereocenters. The highest BCUT2D eigenvalue weighted by molar-refractivity contribution is 6.30. The van der Waals surface area contributed by atoms with Crippen LogP contribution < -0.4 is 10.6 Å². The van der Waals surface area contributed by atoms with Crippen LogP contribution in [-0.2, 0) is 9.53 Å². The summed E-state index contributed by atoms with van der Waals surface area (Å²) in [6, 6.07) is 10.0. The molecular weight excluding hydrogens is 378 g/mol. The Morgan fingerprint density at radius 2 is 2.00 bits per heavy atom. The number of nitro benzene ring substituents is 1. The molecule has 0 saturated carbocycles. The predicted molar refractivity (Wildman–Crippen MR) is 99.0 cm³/mol. The molecule has 27 heavy (non-hydrogen) atoms. The number of non-ortho nitro benzene ring substituents is 1. The molecule has 0 aliphatic carbocycles. The van der Waals surface area contributed by atoms with Gasteiger partial charge in [-0.1, -0.05) is 17.7 Å². The summed E-state index contributed by atoms with van der Waals surface area (Å²) in [5, 5.41) is 25.5. The number of hydrogen-bond donors (Lipinski definition) is 3. The molecule has 0 radical (unpaired) electrons. The van der Waals surface area contributed by atoms with Gasteiger partial charge in [0.15, 0.2) is 6.61 Å². The number of benzene rings is 2. The van der Waals surface area contributed by atoms with E-state index in [-0.39, 0.29) is 30.1 Å². The lowest BCUT2D eigenvalue weighted by Crippen LogP contribution is -2.21. The molecule has 10 heteroatoms. The predicted octanol–water partition coefficient (Wildman–Crippen LogP) is 2.45. The minimum atomic E-state index is -0.916. The van der Waals surface area contributed by atoms with Crippen LogP contribution in [0.4, 0.5) is 17.1 Å². The fourth-order valence-corrected chi connectivity index (χ4v) is 2.32. The first kappa shape index (κ1) is 20.1. The van der Waals surface area contributed by atoms with E-state index in [0.717, 1.165) is 6.07 Å². The molecule has 0 aliphatic rings. The van der Waals surface area contributed by atoms with Crippen LogP contribution in [-0.4, -0.2) is 41.7 Å². The smallest absolute Gasteiger partial charge is 0.341 e. The maximum Gasteiger partial charge on any atom is 0.341 e. The Kier molecular flexibility index (Phi) is 7.09. The average molecular weight is 394 g/mol. The van der Waals surface area contributed by atoms with Crippen molar-refractivity contribution in [3.63, 3.8) is 0 Å². The number of hydrogen-bond acceptors (Lipinski definition) is 7. The molecule has 0 fully saturated rings. The number of anilines is 2. The number of carbonyl (C=O) groups is 2. The number of carbonyl (C=O) groups excluding carboxylic acids is 2. The third-order valence-corrected chi connectivity index (χ3v) is 3.54. The van der Waals surface area contributed by atoms with Gasteiger partial charge in [0.05, 0.1) is 17.1 Å². The fourth-order valence-electron chi connectivity index (χ4n) is 2.13. The largest absolute Gasteiger partial charge is 0.452 e. The van der Waals surface area contributed by atoms with E-state index >= 15 is 0 Å². The van der Waals surface area contributed by atoms with Gasteiger partial charge in [-0.2, -0.15) is 0 Å². The highest BCUT2D eigenvalue weighted by Crippen LogP contribution is 2.23. The number of nitrogens with one attached hydrogen (secondary N) is 2. The summed E-state index contributed by atoms with van der Waals surface area (Å²) in [5.74, 6) is -1.51. The summed E-state index contributed by atoms with van der Waals surface area (Å²) in [4.78, 5) is 34.4. The number of ether oxygens (including phenoxy) is 1. The SMILES string of the molecule is O=C(COC(=O)c1cc([N+](=O)[O-])ccc1NCCO)Nc1cccc(Cl)c1. The highest BCUT2D eigenvalue weighted by atomic mass is 35.5. The third-order valence-electron chi connectivity index (χ3n) is 3.30. The van der Waals surface area contributed by atoms with Crippen LogP contribution in [0.25, 0.3) is 0 Å². The number of rotatable bonds is 8. The van der Waals surface area contributed by atoms with Gasteiger partial charge in [-0.05, 0) is 24.3 Å². The molecule has 142 valence electrons. The number of aliphatic hydroxyl groups is 1. The van der Waals surface area contributed by atoms with Crippen molar-refractivity contribution in [3.05, 3.63) is 63.2 Å². The molecule has 2 aromatic carbocycles. The maximum absolute atomic E-state index is 12.3. The minimum absolute atomic E-state index is 0.117. The van der Waals surface area contributed by atoms with Crippen LogP contribution in [0, 0.1) is 10.1 Å². The molecule has 0 spiro atoms. The average Bonchev–Trinajstić information content (AvgIpc) is 2.64. The van der Waals surface area contributed by atoms with Gasteiger partial charge in [0.25, 0.3) is 11.6 Å². The molecule has 0 aromatic heterocycles. The summed E-state index contributed by atoms with van der Waals surface area (Å²) in [5.41, 5.74) is 0.257. The van der Waals surface area contributed by atoms with Gasteiger partial charge in [0.1, 0.15) is 0 Å². The molecule has 0 saturated heterocycles. The molecule has 0 atom stereocenters. The van der Waals surface area contributed by atoms with Crippen LogP contribution in [0.3, 0.4) is 0 Å². The van der Waals surface area contributed by atoms with Crippen molar-refractivity contribution in [1.29, 1.82) is 0 Å². The van der Waals surface area contributed by atoms with Crippen LogP contribution >= 0.6 is 11.6 Å². The number of esters is 1. The van der Waals surface area contributed by atoms with Gasteiger partial charge in [-0.3, -0.25) is 14.9 Å². The lowest BCUT2D eigenvalue weighted by molar-refractivity contribution is -0.384. The first-order valence-electron chi connectivity index (χ1n) is 7.76. The summed E-state index contributed by atoms with van der Waals surface area (Å²) in [7, 11) is 0. The second-order valence-corrected chi connectivity index (χ2v) is 5.71. The molecule has 2 rings (SSSR count). The molecular formula is C17H16ClN3O6. The van der Waals surface area contributed by atoms with E-state index in [4.69, 9.17) is 21.4 Å². The summed E-state index contributed by atoms with van der Waals surface area (Å²) < 4.78 is 4.94.